The molecule has 0 bridgehead atoms. The Balaban J connectivity index is 1.73. The van der Waals surface area contributed by atoms with Crippen LogP contribution in [0.3, 0.4) is 0 Å². The Morgan fingerprint density at radius 1 is 0.933 bits per heavy atom. The maximum atomic E-state index is 5.38. The standard InChI is InChI=1S/C23H31N5O2/c1-16(2)18-8-10-19(11-9-18)22(27(3)4)23-24-26-28(25-23)14-13-17-7-12-20(29-5)21(15-17)30-6/h7-12,15-16,22H,13-14H2,1-6H3. The predicted molar refractivity (Wildman–Crippen MR) is 117 cm³/mol. The summed E-state index contributed by atoms with van der Waals surface area (Å²) in [7, 11) is 7.34. The quantitative estimate of drug-likeness (QED) is 0.537. The van der Waals surface area contributed by atoms with Gasteiger partial charge in [0.15, 0.2) is 17.3 Å². The monoisotopic (exact) mass is 409 g/mol. The molecule has 0 saturated carbocycles. The first kappa shape index (κ1) is 21.8. The number of ether oxygens (including phenoxy) is 2. The van der Waals surface area contributed by atoms with Gasteiger partial charge < -0.3 is 9.47 Å². The smallest absolute Gasteiger partial charge is 0.196 e. The van der Waals surface area contributed by atoms with Gasteiger partial charge in [0.25, 0.3) is 0 Å². The SMILES string of the molecule is COc1ccc(CCn2nnc(C(c3ccc(C(C)C)cc3)N(C)C)n2)cc1OC. The minimum absolute atomic E-state index is 0.0407. The molecule has 0 aliphatic heterocycles. The zero-order chi connectivity index (χ0) is 21.7. The van der Waals surface area contributed by atoms with Crippen LogP contribution in [0.4, 0.5) is 0 Å². The number of aryl methyl sites for hydroxylation is 2. The molecule has 160 valence electrons. The van der Waals surface area contributed by atoms with E-state index in [1.54, 1.807) is 19.0 Å². The summed E-state index contributed by atoms with van der Waals surface area (Å²) in [6, 6.07) is 14.6. The van der Waals surface area contributed by atoms with E-state index in [9.17, 15) is 0 Å². The van der Waals surface area contributed by atoms with Crippen LogP contribution < -0.4 is 9.47 Å². The fourth-order valence-electron chi connectivity index (χ4n) is 3.47. The van der Waals surface area contributed by atoms with Gasteiger partial charge in [-0.05, 0) is 60.5 Å². The number of rotatable bonds is 9. The van der Waals surface area contributed by atoms with E-state index in [-0.39, 0.29) is 6.04 Å². The van der Waals surface area contributed by atoms with Crippen molar-refractivity contribution in [2.45, 2.75) is 38.8 Å². The highest BCUT2D eigenvalue weighted by molar-refractivity contribution is 5.42. The highest BCUT2D eigenvalue weighted by Gasteiger charge is 2.22. The van der Waals surface area contributed by atoms with Gasteiger partial charge >= 0.3 is 0 Å². The fraction of sp³-hybridized carbons (Fsp3) is 0.435. The lowest BCUT2D eigenvalue weighted by atomic mass is 9.98. The van der Waals surface area contributed by atoms with Gasteiger partial charge in [-0.1, -0.05) is 44.2 Å². The summed E-state index contributed by atoms with van der Waals surface area (Å²) in [4.78, 5) is 3.77. The minimum Gasteiger partial charge on any atom is -0.493 e. The van der Waals surface area contributed by atoms with E-state index >= 15 is 0 Å². The first-order valence-corrected chi connectivity index (χ1v) is 10.2. The lowest BCUT2D eigenvalue weighted by Crippen LogP contribution is -2.22. The van der Waals surface area contributed by atoms with Crippen LogP contribution in [-0.4, -0.2) is 53.4 Å². The summed E-state index contributed by atoms with van der Waals surface area (Å²) in [5.41, 5.74) is 3.60. The molecule has 3 rings (SSSR count). The molecule has 1 unspecified atom stereocenters. The Morgan fingerprint density at radius 2 is 1.60 bits per heavy atom. The van der Waals surface area contributed by atoms with E-state index in [1.807, 2.05) is 32.3 Å². The molecule has 0 saturated heterocycles. The van der Waals surface area contributed by atoms with Crippen LogP contribution in [0.15, 0.2) is 42.5 Å². The largest absolute Gasteiger partial charge is 0.493 e. The summed E-state index contributed by atoms with van der Waals surface area (Å²) < 4.78 is 10.7. The van der Waals surface area contributed by atoms with Crippen LogP contribution in [0.25, 0.3) is 0 Å². The first-order valence-electron chi connectivity index (χ1n) is 10.2. The zero-order valence-electron chi connectivity index (χ0n) is 18.7. The average Bonchev–Trinajstić information content (AvgIpc) is 3.20. The molecule has 1 atom stereocenters. The van der Waals surface area contributed by atoms with E-state index in [2.05, 4.69) is 58.4 Å². The van der Waals surface area contributed by atoms with Crippen LogP contribution in [0.1, 0.15) is 48.3 Å². The molecule has 2 aromatic carbocycles. The van der Waals surface area contributed by atoms with Gasteiger partial charge in [0.2, 0.25) is 0 Å². The fourth-order valence-corrected chi connectivity index (χ4v) is 3.47. The Bertz CT molecular complexity index is 950. The molecule has 30 heavy (non-hydrogen) atoms. The highest BCUT2D eigenvalue weighted by atomic mass is 16.5. The molecule has 0 aliphatic carbocycles. The Hall–Kier alpha value is -2.93. The molecule has 1 aromatic heterocycles. The number of nitrogens with zero attached hydrogens (tertiary/aromatic N) is 5. The van der Waals surface area contributed by atoms with Gasteiger partial charge in [-0.2, -0.15) is 4.80 Å². The summed E-state index contributed by atoms with van der Waals surface area (Å²) in [5.74, 6) is 2.65. The second-order valence-corrected chi connectivity index (χ2v) is 7.87. The van der Waals surface area contributed by atoms with Crippen molar-refractivity contribution in [2.75, 3.05) is 28.3 Å². The van der Waals surface area contributed by atoms with Crippen LogP contribution in [-0.2, 0) is 13.0 Å². The third kappa shape index (κ3) is 4.97. The van der Waals surface area contributed by atoms with Crippen molar-refractivity contribution in [3.63, 3.8) is 0 Å². The van der Waals surface area contributed by atoms with Gasteiger partial charge in [0.1, 0.15) is 0 Å². The molecule has 0 spiro atoms. The third-order valence-electron chi connectivity index (χ3n) is 5.20. The van der Waals surface area contributed by atoms with Crippen molar-refractivity contribution in [2.24, 2.45) is 0 Å². The third-order valence-corrected chi connectivity index (χ3v) is 5.20. The number of hydrogen-bond acceptors (Lipinski definition) is 6. The van der Waals surface area contributed by atoms with Gasteiger partial charge in [-0.25, -0.2) is 0 Å². The van der Waals surface area contributed by atoms with Crippen LogP contribution in [0.5, 0.6) is 11.5 Å². The lowest BCUT2D eigenvalue weighted by Gasteiger charge is -2.22. The topological polar surface area (TPSA) is 65.3 Å². The van der Waals surface area contributed by atoms with Gasteiger partial charge in [0.05, 0.1) is 26.8 Å². The molecule has 7 nitrogen and oxygen atoms in total. The van der Waals surface area contributed by atoms with E-state index in [0.29, 0.717) is 18.3 Å². The predicted octanol–water partition coefficient (Wildman–Crippen LogP) is 3.71. The molecule has 0 radical (unpaired) electrons. The number of tetrazole rings is 1. The van der Waals surface area contributed by atoms with E-state index in [4.69, 9.17) is 9.47 Å². The van der Waals surface area contributed by atoms with Crippen molar-refractivity contribution in [3.8, 4) is 11.5 Å². The van der Waals surface area contributed by atoms with E-state index < -0.39 is 0 Å². The molecule has 0 fully saturated rings. The summed E-state index contributed by atoms with van der Waals surface area (Å²) in [6.07, 6.45) is 0.770. The second kappa shape index (κ2) is 9.71. The number of methoxy groups -OCH3 is 2. The van der Waals surface area contributed by atoms with Crippen molar-refractivity contribution in [1.29, 1.82) is 0 Å². The summed E-state index contributed by atoms with van der Waals surface area (Å²) in [6.45, 7) is 5.03. The molecule has 3 aromatic rings. The van der Waals surface area contributed by atoms with E-state index in [1.165, 1.54) is 5.56 Å². The maximum Gasteiger partial charge on any atom is 0.196 e. The number of hydrogen-bond donors (Lipinski definition) is 0. The summed E-state index contributed by atoms with van der Waals surface area (Å²) >= 11 is 0. The molecular weight excluding hydrogens is 378 g/mol. The average molecular weight is 410 g/mol. The molecule has 0 amide bonds. The van der Waals surface area contributed by atoms with Gasteiger partial charge in [-0.15, -0.1) is 10.2 Å². The van der Waals surface area contributed by atoms with E-state index in [0.717, 1.165) is 29.0 Å². The molecule has 7 heteroatoms. The lowest BCUT2D eigenvalue weighted by molar-refractivity contribution is 0.328. The second-order valence-electron chi connectivity index (χ2n) is 7.87. The Kier molecular flexibility index (Phi) is 7.05. The Labute approximate surface area is 178 Å². The minimum atomic E-state index is -0.0407. The number of benzene rings is 2. The Morgan fingerprint density at radius 3 is 2.20 bits per heavy atom. The van der Waals surface area contributed by atoms with Crippen molar-refractivity contribution in [3.05, 3.63) is 65.0 Å². The van der Waals surface area contributed by atoms with Gasteiger partial charge in [0, 0.05) is 0 Å². The van der Waals surface area contributed by atoms with Crippen LogP contribution >= 0.6 is 0 Å². The van der Waals surface area contributed by atoms with Crippen LogP contribution in [0, 0.1) is 0 Å². The number of aromatic nitrogens is 4. The first-order chi connectivity index (χ1) is 14.4. The normalized spacial score (nSPS) is 12.4. The molecule has 0 N–H and O–H groups in total. The van der Waals surface area contributed by atoms with Crippen molar-refractivity contribution in [1.82, 2.24) is 25.1 Å². The highest BCUT2D eigenvalue weighted by Crippen LogP contribution is 2.28. The molecule has 0 aliphatic rings. The molecular formula is C23H31N5O2. The van der Waals surface area contributed by atoms with Crippen molar-refractivity contribution >= 4 is 0 Å². The van der Waals surface area contributed by atoms with Crippen molar-refractivity contribution < 1.29 is 9.47 Å². The summed E-state index contributed by atoms with van der Waals surface area (Å²) in [5, 5.41) is 13.3. The maximum absolute atomic E-state index is 5.38. The molecule has 1 heterocycles. The zero-order valence-corrected chi connectivity index (χ0v) is 18.7. The van der Waals surface area contributed by atoms with Gasteiger partial charge in [-0.3, -0.25) is 4.90 Å². The van der Waals surface area contributed by atoms with Crippen LogP contribution in [0.2, 0.25) is 0 Å².